The summed E-state index contributed by atoms with van der Waals surface area (Å²) < 4.78 is 34.9. The monoisotopic (exact) mass is 500 g/mol. The molecule has 3 N–H and O–H groups in total. The Hall–Kier alpha value is -3.11. The molecule has 1 aliphatic rings. The first kappa shape index (κ1) is 26.0. The van der Waals surface area contributed by atoms with E-state index >= 15 is 0 Å². The van der Waals surface area contributed by atoms with Gasteiger partial charge in [0.2, 0.25) is 5.95 Å². The summed E-state index contributed by atoms with van der Waals surface area (Å²) in [6, 6.07) is 4.27. The minimum absolute atomic E-state index is 0.120. The van der Waals surface area contributed by atoms with Crippen LogP contribution >= 0.6 is 0 Å². The van der Waals surface area contributed by atoms with Crippen LogP contribution in [0.2, 0.25) is 0 Å². The first-order valence-electron chi connectivity index (χ1n) is 12.3. The standard InChI is InChI=1S/C26H34F2N6O2/c1-15(2)34-24-17(11-20(25(34)35)16-12-21(27)23(29)22(28)13-16)14-30-26(32-24)31-18-5-7-19(8-6-18)33(3)9-10-36-4/h11-15,18-19H,5-10,29H2,1-4H3,(H,30,31,32). The topological polar surface area (TPSA) is 98.3 Å². The van der Waals surface area contributed by atoms with E-state index in [0.29, 0.717) is 23.0 Å². The number of methoxy groups -OCH3 is 1. The number of aromatic nitrogens is 3. The highest BCUT2D eigenvalue weighted by Crippen LogP contribution is 2.28. The SMILES string of the molecule is COCCN(C)C1CCC(Nc2ncc3cc(-c4cc(F)c(N)c(F)c4)c(=O)n(C(C)C)c3n2)CC1. The number of nitrogens with one attached hydrogen (secondary N) is 1. The third-order valence-corrected chi connectivity index (χ3v) is 6.98. The fourth-order valence-electron chi connectivity index (χ4n) is 4.88. The van der Waals surface area contributed by atoms with Crippen molar-refractivity contribution in [1.29, 1.82) is 0 Å². The highest BCUT2D eigenvalue weighted by molar-refractivity contribution is 5.82. The molecule has 0 atom stereocenters. The molecule has 1 fully saturated rings. The molecule has 0 bridgehead atoms. The maximum Gasteiger partial charge on any atom is 0.260 e. The molecule has 2 heterocycles. The van der Waals surface area contributed by atoms with Crippen molar-refractivity contribution < 1.29 is 13.5 Å². The lowest BCUT2D eigenvalue weighted by molar-refractivity contribution is 0.121. The summed E-state index contributed by atoms with van der Waals surface area (Å²) in [6.07, 6.45) is 5.77. The number of benzene rings is 1. The van der Waals surface area contributed by atoms with Crippen LogP contribution in [-0.4, -0.2) is 58.8 Å². The van der Waals surface area contributed by atoms with Crippen LogP contribution in [0.15, 0.2) is 29.2 Å². The van der Waals surface area contributed by atoms with Crippen molar-refractivity contribution in [3.8, 4) is 11.1 Å². The van der Waals surface area contributed by atoms with Gasteiger partial charge in [0.25, 0.3) is 5.56 Å². The largest absolute Gasteiger partial charge is 0.394 e. The maximum absolute atomic E-state index is 14.1. The molecule has 194 valence electrons. The summed E-state index contributed by atoms with van der Waals surface area (Å²) in [5.41, 5.74) is 5.20. The zero-order valence-corrected chi connectivity index (χ0v) is 21.2. The summed E-state index contributed by atoms with van der Waals surface area (Å²) in [6.45, 7) is 5.37. The van der Waals surface area contributed by atoms with Crippen molar-refractivity contribution in [2.45, 2.75) is 57.7 Å². The minimum atomic E-state index is -0.906. The molecule has 3 aromatic rings. The van der Waals surface area contributed by atoms with E-state index in [-0.39, 0.29) is 28.8 Å². The van der Waals surface area contributed by atoms with Gasteiger partial charge in [-0.25, -0.2) is 13.8 Å². The second kappa shape index (κ2) is 10.9. The molecule has 4 rings (SSSR count). The van der Waals surface area contributed by atoms with Crippen LogP contribution < -0.4 is 16.6 Å². The zero-order chi connectivity index (χ0) is 26.0. The van der Waals surface area contributed by atoms with E-state index in [2.05, 4.69) is 27.2 Å². The molecule has 2 aromatic heterocycles. The van der Waals surface area contributed by atoms with Crippen LogP contribution in [0.3, 0.4) is 0 Å². The number of nitrogen functional groups attached to an aromatic ring is 1. The van der Waals surface area contributed by atoms with Crippen LogP contribution in [-0.2, 0) is 4.74 Å². The Balaban J connectivity index is 1.60. The Morgan fingerprint density at radius 2 is 1.86 bits per heavy atom. The number of halogens is 2. The van der Waals surface area contributed by atoms with Gasteiger partial charge >= 0.3 is 0 Å². The summed E-state index contributed by atoms with van der Waals surface area (Å²) >= 11 is 0. The Morgan fingerprint density at radius 1 is 1.19 bits per heavy atom. The first-order valence-corrected chi connectivity index (χ1v) is 12.3. The number of ether oxygens (including phenoxy) is 1. The molecule has 0 unspecified atom stereocenters. The van der Waals surface area contributed by atoms with Gasteiger partial charge in [-0.3, -0.25) is 9.36 Å². The Labute approximate surface area is 209 Å². The van der Waals surface area contributed by atoms with Crippen molar-refractivity contribution in [2.75, 3.05) is 38.4 Å². The van der Waals surface area contributed by atoms with E-state index in [9.17, 15) is 13.6 Å². The van der Waals surface area contributed by atoms with Crippen molar-refractivity contribution >= 4 is 22.7 Å². The molecule has 0 saturated heterocycles. The van der Waals surface area contributed by atoms with E-state index < -0.39 is 17.3 Å². The molecular formula is C26H34F2N6O2. The lowest BCUT2D eigenvalue weighted by Crippen LogP contribution is -2.39. The van der Waals surface area contributed by atoms with Gasteiger partial charge in [-0.05, 0) is 70.3 Å². The van der Waals surface area contributed by atoms with E-state index in [4.69, 9.17) is 10.5 Å². The molecule has 1 aromatic carbocycles. The molecule has 0 amide bonds. The predicted octanol–water partition coefficient (Wildman–Crippen LogP) is 4.20. The average molecular weight is 501 g/mol. The van der Waals surface area contributed by atoms with E-state index in [1.807, 2.05) is 13.8 Å². The number of pyridine rings is 1. The van der Waals surface area contributed by atoms with Crippen molar-refractivity contribution in [3.63, 3.8) is 0 Å². The van der Waals surface area contributed by atoms with E-state index in [1.54, 1.807) is 19.4 Å². The predicted molar refractivity (Wildman–Crippen MR) is 138 cm³/mol. The van der Waals surface area contributed by atoms with Gasteiger partial charge in [-0.15, -0.1) is 0 Å². The van der Waals surface area contributed by atoms with Crippen LogP contribution in [0.5, 0.6) is 0 Å². The molecule has 36 heavy (non-hydrogen) atoms. The second-order valence-corrected chi connectivity index (χ2v) is 9.78. The molecule has 1 aliphatic carbocycles. The molecule has 8 nitrogen and oxygen atoms in total. The van der Waals surface area contributed by atoms with Gasteiger partial charge in [-0.2, -0.15) is 4.98 Å². The fraction of sp³-hybridized carbons (Fsp3) is 0.500. The van der Waals surface area contributed by atoms with Gasteiger partial charge in [0, 0.05) is 48.9 Å². The first-order chi connectivity index (χ1) is 17.2. The average Bonchev–Trinajstić information content (AvgIpc) is 2.85. The fourth-order valence-corrected chi connectivity index (χ4v) is 4.88. The smallest absolute Gasteiger partial charge is 0.260 e. The quantitative estimate of drug-likeness (QED) is 0.447. The number of hydrogen-bond donors (Lipinski definition) is 2. The molecule has 0 aliphatic heterocycles. The lowest BCUT2D eigenvalue weighted by Gasteiger charge is -2.34. The molecule has 0 radical (unpaired) electrons. The molecule has 1 saturated carbocycles. The lowest BCUT2D eigenvalue weighted by atomic mass is 9.90. The summed E-state index contributed by atoms with van der Waals surface area (Å²) in [5.74, 6) is -1.35. The number of nitrogens with two attached hydrogens (primary N) is 1. The van der Waals surface area contributed by atoms with Gasteiger partial charge in [0.1, 0.15) is 23.0 Å². The summed E-state index contributed by atoms with van der Waals surface area (Å²) in [7, 11) is 3.85. The second-order valence-electron chi connectivity index (χ2n) is 9.78. The highest BCUT2D eigenvalue weighted by atomic mass is 19.1. The van der Waals surface area contributed by atoms with Gasteiger partial charge in [0.15, 0.2) is 0 Å². The van der Waals surface area contributed by atoms with Gasteiger partial charge < -0.3 is 20.7 Å². The number of anilines is 2. The van der Waals surface area contributed by atoms with Crippen LogP contribution in [0, 0.1) is 11.6 Å². The Bertz CT molecular complexity index is 1260. The van der Waals surface area contributed by atoms with Crippen molar-refractivity contribution in [3.05, 3.63) is 46.4 Å². The number of likely N-dealkylation sites (N-methyl/N-ethyl adjacent to an activating group) is 1. The zero-order valence-electron chi connectivity index (χ0n) is 21.2. The molecule has 10 heteroatoms. The maximum atomic E-state index is 14.1. The van der Waals surface area contributed by atoms with E-state index in [0.717, 1.165) is 51.0 Å². The third-order valence-electron chi connectivity index (χ3n) is 6.98. The van der Waals surface area contributed by atoms with Crippen molar-refractivity contribution in [1.82, 2.24) is 19.4 Å². The highest BCUT2D eigenvalue weighted by Gasteiger charge is 2.25. The van der Waals surface area contributed by atoms with E-state index in [1.165, 1.54) is 4.57 Å². The number of fused-ring (bicyclic) bond motifs is 1. The molecular weight excluding hydrogens is 466 g/mol. The van der Waals surface area contributed by atoms with Gasteiger partial charge in [-0.1, -0.05) is 0 Å². The van der Waals surface area contributed by atoms with Gasteiger partial charge in [0.05, 0.1) is 6.61 Å². The normalized spacial score (nSPS) is 18.3. The Morgan fingerprint density at radius 3 is 2.47 bits per heavy atom. The number of nitrogens with zero attached hydrogens (tertiary/aromatic N) is 4. The summed E-state index contributed by atoms with van der Waals surface area (Å²) in [4.78, 5) is 24.9. The number of rotatable bonds is 8. The van der Waals surface area contributed by atoms with Crippen molar-refractivity contribution in [2.24, 2.45) is 0 Å². The minimum Gasteiger partial charge on any atom is -0.394 e. The summed E-state index contributed by atoms with van der Waals surface area (Å²) in [5, 5.41) is 4.04. The number of hydrogen-bond acceptors (Lipinski definition) is 7. The van der Waals surface area contributed by atoms with Crippen LogP contribution in [0.4, 0.5) is 20.4 Å². The Kier molecular flexibility index (Phi) is 7.85. The third kappa shape index (κ3) is 5.34. The molecule has 0 spiro atoms. The van der Waals surface area contributed by atoms with Crippen LogP contribution in [0.25, 0.3) is 22.2 Å². The van der Waals surface area contributed by atoms with Crippen LogP contribution in [0.1, 0.15) is 45.6 Å².